The number of rotatable bonds is 4. The van der Waals surface area contributed by atoms with Gasteiger partial charge in [-0.3, -0.25) is 0 Å². The summed E-state index contributed by atoms with van der Waals surface area (Å²) in [5.41, 5.74) is 0. The highest BCUT2D eigenvalue weighted by molar-refractivity contribution is 5.47. The van der Waals surface area contributed by atoms with Crippen molar-refractivity contribution < 1.29 is 8.78 Å². The Balaban J connectivity index is 2.12. The minimum Gasteiger partial charge on any atom is -0.371 e. The van der Waals surface area contributed by atoms with Crippen molar-refractivity contribution >= 4 is 11.6 Å². The zero-order chi connectivity index (χ0) is 13.1. The fraction of sp³-hybridized carbons (Fsp3) is 0.615. The molecule has 1 aliphatic rings. The van der Waals surface area contributed by atoms with Gasteiger partial charge in [-0.25, -0.2) is 13.8 Å². The lowest BCUT2D eigenvalue weighted by Gasteiger charge is -2.21. The highest BCUT2D eigenvalue weighted by Crippen LogP contribution is 2.29. The van der Waals surface area contributed by atoms with Gasteiger partial charge in [0.25, 0.3) is 0 Å². The van der Waals surface area contributed by atoms with Crippen molar-refractivity contribution in [2.75, 3.05) is 17.7 Å². The molecule has 0 radical (unpaired) electrons. The Kier molecular flexibility index (Phi) is 3.99. The SMILES string of the molecule is CNc1nc(NC(C)C2CCCC2)c(F)cc1F. The lowest BCUT2D eigenvalue weighted by atomic mass is 10.00. The molecule has 1 aromatic rings. The van der Waals surface area contributed by atoms with E-state index in [1.807, 2.05) is 6.92 Å². The molecular weight excluding hydrogens is 236 g/mol. The van der Waals surface area contributed by atoms with Gasteiger partial charge < -0.3 is 10.6 Å². The second-order valence-corrected chi connectivity index (χ2v) is 4.88. The van der Waals surface area contributed by atoms with Crippen LogP contribution in [0.25, 0.3) is 0 Å². The van der Waals surface area contributed by atoms with E-state index < -0.39 is 11.6 Å². The second-order valence-electron chi connectivity index (χ2n) is 4.88. The summed E-state index contributed by atoms with van der Waals surface area (Å²) in [4.78, 5) is 3.93. The molecule has 1 saturated carbocycles. The molecule has 5 heteroatoms. The predicted octanol–water partition coefficient (Wildman–Crippen LogP) is 3.39. The van der Waals surface area contributed by atoms with Crippen LogP contribution in [0.3, 0.4) is 0 Å². The summed E-state index contributed by atoms with van der Waals surface area (Å²) in [6, 6.07) is 1.02. The van der Waals surface area contributed by atoms with Gasteiger partial charge in [0.15, 0.2) is 23.3 Å². The van der Waals surface area contributed by atoms with E-state index in [0.717, 1.165) is 18.9 Å². The van der Waals surface area contributed by atoms with Gasteiger partial charge >= 0.3 is 0 Å². The Morgan fingerprint density at radius 1 is 1.22 bits per heavy atom. The number of nitrogens with zero attached hydrogens (tertiary/aromatic N) is 1. The molecule has 2 N–H and O–H groups in total. The van der Waals surface area contributed by atoms with Crippen LogP contribution < -0.4 is 10.6 Å². The monoisotopic (exact) mass is 255 g/mol. The summed E-state index contributed by atoms with van der Waals surface area (Å²) in [5.74, 6) is -0.572. The first kappa shape index (κ1) is 13.1. The van der Waals surface area contributed by atoms with Gasteiger partial charge in [-0.2, -0.15) is 0 Å². The number of nitrogens with one attached hydrogen (secondary N) is 2. The highest BCUT2D eigenvalue weighted by Gasteiger charge is 2.23. The van der Waals surface area contributed by atoms with Crippen molar-refractivity contribution in [1.82, 2.24) is 4.98 Å². The van der Waals surface area contributed by atoms with Crippen molar-refractivity contribution in [2.45, 2.75) is 38.6 Å². The third-order valence-corrected chi connectivity index (χ3v) is 3.64. The van der Waals surface area contributed by atoms with E-state index in [9.17, 15) is 8.78 Å². The van der Waals surface area contributed by atoms with Gasteiger partial charge in [0, 0.05) is 19.2 Å². The van der Waals surface area contributed by atoms with Gasteiger partial charge in [0.05, 0.1) is 0 Å². The molecule has 1 unspecified atom stereocenters. The summed E-state index contributed by atoms with van der Waals surface area (Å²) < 4.78 is 26.9. The maximum Gasteiger partial charge on any atom is 0.168 e. The Bertz CT molecular complexity index is 417. The quantitative estimate of drug-likeness (QED) is 0.866. The molecule has 100 valence electrons. The van der Waals surface area contributed by atoms with Gasteiger partial charge in [0.1, 0.15) is 0 Å². The minimum atomic E-state index is -0.672. The first-order chi connectivity index (χ1) is 8.61. The molecule has 0 aliphatic heterocycles. The van der Waals surface area contributed by atoms with E-state index in [0.29, 0.717) is 5.92 Å². The third-order valence-electron chi connectivity index (χ3n) is 3.64. The maximum absolute atomic E-state index is 13.6. The average molecular weight is 255 g/mol. The van der Waals surface area contributed by atoms with Crippen molar-refractivity contribution in [3.8, 4) is 0 Å². The van der Waals surface area contributed by atoms with Crippen LogP contribution >= 0.6 is 0 Å². The van der Waals surface area contributed by atoms with Crippen LogP contribution in [0, 0.1) is 17.6 Å². The molecule has 18 heavy (non-hydrogen) atoms. The summed E-state index contributed by atoms with van der Waals surface area (Å²) in [6.45, 7) is 2.03. The van der Waals surface area contributed by atoms with Crippen molar-refractivity contribution in [3.05, 3.63) is 17.7 Å². The molecule has 1 aliphatic carbocycles. The fourth-order valence-electron chi connectivity index (χ4n) is 2.53. The first-order valence-corrected chi connectivity index (χ1v) is 6.42. The van der Waals surface area contributed by atoms with E-state index in [2.05, 4.69) is 15.6 Å². The maximum atomic E-state index is 13.6. The lowest BCUT2D eigenvalue weighted by Crippen LogP contribution is -2.25. The standard InChI is InChI=1S/C13H19F2N3/c1-8(9-5-3-4-6-9)17-13-11(15)7-10(14)12(16-2)18-13/h7-9H,3-6H2,1-2H3,(H2,16,17,18). The Hall–Kier alpha value is -1.39. The van der Waals surface area contributed by atoms with Crippen molar-refractivity contribution in [1.29, 1.82) is 0 Å². The summed E-state index contributed by atoms with van der Waals surface area (Å²) >= 11 is 0. The zero-order valence-electron chi connectivity index (χ0n) is 10.8. The van der Waals surface area contributed by atoms with Crippen LogP contribution in [0.1, 0.15) is 32.6 Å². The normalized spacial score (nSPS) is 17.8. The van der Waals surface area contributed by atoms with Gasteiger partial charge in [-0.05, 0) is 25.7 Å². The number of hydrogen-bond acceptors (Lipinski definition) is 3. The second kappa shape index (κ2) is 5.50. The Morgan fingerprint density at radius 3 is 2.44 bits per heavy atom. The number of hydrogen-bond donors (Lipinski definition) is 2. The predicted molar refractivity (Wildman–Crippen MR) is 68.7 cm³/mol. The molecule has 0 spiro atoms. The van der Waals surface area contributed by atoms with E-state index in [1.54, 1.807) is 7.05 Å². The number of halogens is 2. The van der Waals surface area contributed by atoms with Crippen LogP contribution in [0.15, 0.2) is 6.07 Å². The van der Waals surface area contributed by atoms with Crippen LogP contribution in [0.4, 0.5) is 20.4 Å². The van der Waals surface area contributed by atoms with E-state index in [-0.39, 0.29) is 17.7 Å². The smallest absolute Gasteiger partial charge is 0.168 e. The molecule has 1 atom stereocenters. The Morgan fingerprint density at radius 2 is 1.83 bits per heavy atom. The molecule has 0 aromatic carbocycles. The molecule has 1 heterocycles. The lowest BCUT2D eigenvalue weighted by molar-refractivity contribution is 0.477. The minimum absolute atomic E-state index is 0.0671. The fourth-order valence-corrected chi connectivity index (χ4v) is 2.53. The van der Waals surface area contributed by atoms with Gasteiger partial charge in [0.2, 0.25) is 0 Å². The van der Waals surface area contributed by atoms with Gasteiger partial charge in [-0.1, -0.05) is 12.8 Å². The van der Waals surface area contributed by atoms with E-state index in [4.69, 9.17) is 0 Å². The summed E-state index contributed by atoms with van der Waals surface area (Å²) in [7, 11) is 1.56. The molecule has 0 saturated heterocycles. The average Bonchev–Trinajstić information content (AvgIpc) is 2.86. The zero-order valence-corrected chi connectivity index (χ0v) is 10.8. The third kappa shape index (κ3) is 2.71. The molecule has 0 amide bonds. The molecule has 1 aromatic heterocycles. The number of anilines is 2. The van der Waals surface area contributed by atoms with E-state index >= 15 is 0 Å². The van der Waals surface area contributed by atoms with Crippen LogP contribution in [-0.4, -0.2) is 18.1 Å². The number of aromatic nitrogens is 1. The molecule has 3 nitrogen and oxygen atoms in total. The van der Waals surface area contributed by atoms with Crippen LogP contribution in [-0.2, 0) is 0 Å². The van der Waals surface area contributed by atoms with E-state index in [1.165, 1.54) is 12.8 Å². The molecular formula is C13H19F2N3. The molecule has 0 bridgehead atoms. The van der Waals surface area contributed by atoms with Crippen molar-refractivity contribution in [2.24, 2.45) is 5.92 Å². The summed E-state index contributed by atoms with van der Waals surface area (Å²) in [5, 5.41) is 5.67. The molecule has 1 fully saturated rings. The summed E-state index contributed by atoms with van der Waals surface area (Å²) in [6.07, 6.45) is 4.79. The van der Waals surface area contributed by atoms with Gasteiger partial charge in [-0.15, -0.1) is 0 Å². The number of pyridine rings is 1. The molecule has 2 rings (SSSR count). The van der Waals surface area contributed by atoms with Crippen molar-refractivity contribution in [3.63, 3.8) is 0 Å². The first-order valence-electron chi connectivity index (χ1n) is 6.42. The largest absolute Gasteiger partial charge is 0.371 e. The van der Waals surface area contributed by atoms with Crippen LogP contribution in [0.2, 0.25) is 0 Å². The highest BCUT2D eigenvalue weighted by atomic mass is 19.1. The topological polar surface area (TPSA) is 37.0 Å². The Labute approximate surface area is 106 Å². The van der Waals surface area contributed by atoms with Crippen LogP contribution in [0.5, 0.6) is 0 Å².